The van der Waals surface area contributed by atoms with E-state index >= 15 is 0 Å². The molecular formula is C20H27N3O4. The Morgan fingerprint density at radius 3 is 2.44 bits per heavy atom. The van der Waals surface area contributed by atoms with Gasteiger partial charge < -0.3 is 19.9 Å². The van der Waals surface area contributed by atoms with E-state index in [4.69, 9.17) is 4.74 Å². The molecule has 146 valence electrons. The molecular weight excluding hydrogens is 346 g/mol. The average molecular weight is 373 g/mol. The van der Waals surface area contributed by atoms with Crippen molar-refractivity contribution in [1.82, 2.24) is 9.80 Å². The van der Waals surface area contributed by atoms with Crippen molar-refractivity contribution in [1.29, 1.82) is 0 Å². The van der Waals surface area contributed by atoms with E-state index in [0.29, 0.717) is 30.8 Å². The van der Waals surface area contributed by atoms with Gasteiger partial charge in [0.1, 0.15) is 0 Å². The van der Waals surface area contributed by atoms with Crippen molar-refractivity contribution in [2.45, 2.75) is 32.1 Å². The van der Waals surface area contributed by atoms with Gasteiger partial charge in [-0.15, -0.1) is 0 Å². The maximum atomic E-state index is 12.7. The molecule has 0 atom stereocenters. The maximum Gasteiger partial charge on any atom is 0.339 e. The number of anilines is 1. The summed E-state index contributed by atoms with van der Waals surface area (Å²) in [5.74, 6) is -0.262. The largest absolute Gasteiger partial charge is 0.465 e. The Morgan fingerprint density at radius 1 is 1.07 bits per heavy atom. The van der Waals surface area contributed by atoms with Crippen LogP contribution in [0.3, 0.4) is 0 Å². The predicted octanol–water partition coefficient (Wildman–Crippen LogP) is 2.73. The van der Waals surface area contributed by atoms with Gasteiger partial charge in [-0.2, -0.15) is 0 Å². The number of amides is 3. The summed E-state index contributed by atoms with van der Waals surface area (Å²) in [6.45, 7) is 2.10. The van der Waals surface area contributed by atoms with E-state index in [0.717, 1.165) is 32.2 Å². The number of para-hydroxylation sites is 1. The molecule has 2 heterocycles. The van der Waals surface area contributed by atoms with Gasteiger partial charge in [-0.05, 0) is 43.2 Å². The molecule has 7 nitrogen and oxygen atoms in total. The quantitative estimate of drug-likeness (QED) is 0.809. The van der Waals surface area contributed by atoms with E-state index in [2.05, 4.69) is 5.32 Å². The highest BCUT2D eigenvalue weighted by atomic mass is 16.5. The van der Waals surface area contributed by atoms with E-state index in [-0.39, 0.29) is 17.4 Å². The van der Waals surface area contributed by atoms with Crippen LogP contribution < -0.4 is 5.32 Å². The number of rotatable bonds is 2. The van der Waals surface area contributed by atoms with Crippen LogP contribution in [-0.4, -0.2) is 61.5 Å². The number of piperidine rings is 1. The number of hydrogen-bond acceptors (Lipinski definition) is 4. The molecule has 2 fully saturated rings. The first-order valence-corrected chi connectivity index (χ1v) is 9.41. The monoisotopic (exact) mass is 373 g/mol. The number of likely N-dealkylation sites (tertiary alicyclic amines) is 2. The number of ether oxygens (including phenoxy) is 1. The lowest BCUT2D eigenvalue weighted by Crippen LogP contribution is -2.45. The highest BCUT2D eigenvalue weighted by Crippen LogP contribution is 2.41. The molecule has 1 aromatic rings. The zero-order valence-corrected chi connectivity index (χ0v) is 16.0. The third kappa shape index (κ3) is 4.23. The highest BCUT2D eigenvalue weighted by molar-refractivity contribution is 6.00. The van der Waals surface area contributed by atoms with Gasteiger partial charge in [0.15, 0.2) is 0 Å². The number of esters is 1. The van der Waals surface area contributed by atoms with Gasteiger partial charge in [-0.1, -0.05) is 12.1 Å². The smallest absolute Gasteiger partial charge is 0.339 e. The Labute approximate surface area is 159 Å². The summed E-state index contributed by atoms with van der Waals surface area (Å²) in [7, 11) is 3.18. The molecule has 27 heavy (non-hydrogen) atoms. The van der Waals surface area contributed by atoms with Crippen LogP contribution in [0.4, 0.5) is 10.5 Å². The molecule has 0 saturated carbocycles. The van der Waals surface area contributed by atoms with Crippen LogP contribution in [0, 0.1) is 5.41 Å². The molecule has 3 rings (SSSR count). The Hall–Kier alpha value is -2.57. The van der Waals surface area contributed by atoms with Crippen LogP contribution in [0.1, 0.15) is 42.5 Å². The van der Waals surface area contributed by atoms with E-state index in [1.165, 1.54) is 7.11 Å². The number of methoxy groups -OCH3 is 1. The molecule has 2 saturated heterocycles. The summed E-state index contributed by atoms with van der Waals surface area (Å²) in [4.78, 5) is 40.1. The number of carbonyl (C=O) groups is 3. The first-order chi connectivity index (χ1) is 12.9. The number of urea groups is 1. The molecule has 2 aliphatic rings. The fraction of sp³-hybridized carbons (Fsp3) is 0.550. The summed E-state index contributed by atoms with van der Waals surface area (Å²) >= 11 is 0. The van der Waals surface area contributed by atoms with Crippen LogP contribution in [0.15, 0.2) is 24.3 Å². The first-order valence-electron chi connectivity index (χ1n) is 9.41. The lowest BCUT2D eigenvalue weighted by atomic mass is 9.73. The molecule has 0 aromatic heterocycles. The first kappa shape index (κ1) is 19.2. The second kappa shape index (κ2) is 7.98. The van der Waals surface area contributed by atoms with Crippen molar-refractivity contribution in [3.05, 3.63) is 29.8 Å². The SMILES string of the molecule is COC(=O)c1ccccc1NC(=O)N1CCC2(CCC(=O)N(C)CC2)CC1. The normalized spacial score (nSPS) is 19.6. The standard InChI is InChI=1S/C20H27N3O4/c1-22-12-9-20(8-7-17(22)24)10-13-23(14-11-20)19(26)21-16-6-4-3-5-15(16)18(25)27-2/h3-6H,7-14H2,1-2H3,(H,21,26). The highest BCUT2D eigenvalue weighted by Gasteiger charge is 2.38. The van der Waals surface area contributed by atoms with Gasteiger partial charge in [0, 0.05) is 33.1 Å². The third-order valence-corrected chi connectivity index (χ3v) is 5.96. The molecule has 0 aliphatic carbocycles. The minimum Gasteiger partial charge on any atom is -0.465 e. The Morgan fingerprint density at radius 2 is 1.74 bits per heavy atom. The maximum absolute atomic E-state index is 12.7. The average Bonchev–Trinajstić information content (AvgIpc) is 2.83. The van der Waals surface area contributed by atoms with E-state index < -0.39 is 5.97 Å². The second-order valence-corrected chi connectivity index (χ2v) is 7.52. The lowest BCUT2D eigenvalue weighted by molar-refractivity contribution is -0.129. The lowest BCUT2D eigenvalue weighted by Gasteiger charge is -2.41. The number of nitrogens with zero attached hydrogens (tertiary/aromatic N) is 2. The third-order valence-electron chi connectivity index (χ3n) is 5.96. The van der Waals surface area contributed by atoms with E-state index in [1.807, 2.05) is 11.9 Å². The number of carbonyl (C=O) groups excluding carboxylic acids is 3. The van der Waals surface area contributed by atoms with Gasteiger partial charge in [-0.25, -0.2) is 9.59 Å². The minimum atomic E-state index is -0.476. The van der Waals surface area contributed by atoms with Gasteiger partial charge in [0.05, 0.1) is 18.4 Å². The van der Waals surface area contributed by atoms with E-state index in [9.17, 15) is 14.4 Å². The molecule has 0 unspecified atom stereocenters. The van der Waals surface area contributed by atoms with Gasteiger partial charge >= 0.3 is 12.0 Å². The fourth-order valence-corrected chi connectivity index (χ4v) is 3.98. The number of benzene rings is 1. The molecule has 0 radical (unpaired) electrons. The summed E-state index contributed by atoms with van der Waals surface area (Å²) in [6.07, 6.45) is 4.29. The summed E-state index contributed by atoms with van der Waals surface area (Å²) < 4.78 is 4.77. The Balaban J connectivity index is 1.61. The van der Waals surface area contributed by atoms with Gasteiger partial charge in [0.2, 0.25) is 5.91 Å². The molecule has 0 bridgehead atoms. The summed E-state index contributed by atoms with van der Waals surface area (Å²) in [5, 5.41) is 2.84. The van der Waals surface area contributed by atoms with Crippen LogP contribution in [0.2, 0.25) is 0 Å². The predicted molar refractivity (Wildman–Crippen MR) is 102 cm³/mol. The van der Waals surface area contributed by atoms with Crippen LogP contribution in [0.25, 0.3) is 0 Å². The van der Waals surface area contributed by atoms with E-state index in [1.54, 1.807) is 29.2 Å². The van der Waals surface area contributed by atoms with Crippen LogP contribution in [0.5, 0.6) is 0 Å². The number of nitrogens with one attached hydrogen (secondary N) is 1. The Kier molecular flexibility index (Phi) is 5.68. The van der Waals surface area contributed by atoms with Crippen molar-refractivity contribution in [3.63, 3.8) is 0 Å². The Bertz CT molecular complexity index is 726. The van der Waals surface area contributed by atoms with Gasteiger partial charge in [-0.3, -0.25) is 4.79 Å². The summed E-state index contributed by atoms with van der Waals surface area (Å²) in [5.41, 5.74) is 0.949. The fourth-order valence-electron chi connectivity index (χ4n) is 3.98. The van der Waals surface area contributed by atoms with Crippen molar-refractivity contribution in [2.24, 2.45) is 5.41 Å². The molecule has 2 aliphatic heterocycles. The molecule has 1 N–H and O–H groups in total. The molecule has 3 amide bonds. The molecule has 7 heteroatoms. The zero-order chi connectivity index (χ0) is 19.4. The van der Waals surface area contributed by atoms with Gasteiger partial charge in [0.25, 0.3) is 0 Å². The van der Waals surface area contributed by atoms with Crippen molar-refractivity contribution in [2.75, 3.05) is 39.1 Å². The van der Waals surface area contributed by atoms with Crippen LogP contribution >= 0.6 is 0 Å². The van der Waals surface area contributed by atoms with Crippen molar-refractivity contribution < 1.29 is 19.1 Å². The topological polar surface area (TPSA) is 79.0 Å². The molecule has 1 aromatic carbocycles. The van der Waals surface area contributed by atoms with Crippen molar-refractivity contribution >= 4 is 23.6 Å². The molecule has 1 spiro atoms. The second-order valence-electron chi connectivity index (χ2n) is 7.52. The van der Waals surface area contributed by atoms with Crippen molar-refractivity contribution in [3.8, 4) is 0 Å². The number of hydrogen-bond donors (Lipinski definition) is 1. The van der Waals surface area contributed by atoms with Crippen LogP contribution in [-0.2, 0) is 9.53 Å². The summed E-state index contributed by atoms with van der Waals surface area (Å²) in [6, 6.07) is 6.63. The zero-order valence-electron chi connectivity index (χ0n) is 16.0. The minimum absolute atomic E-state index is 0.154.